The van der Waals surface area contributed by atoms with Crippen LogP contribution in [0, 0.1) is 5.92 Å². The maximum Gasteiger partial charge on any atom is 0.165 e. The Morgan fingerprint density at radius 1 is 1.13 bits per heavy atom. The van der Waals surface area contributed by atoms with Crippen LogP contribution in [0.3, 0.4) is 0 Å². The van der Waals surface area contributed by atoms with Gasteiger partial charge in [0.1, 0.15) is 0 Å². The molecule has 1 rings (SSSR count). The summed E-state index contributed by atoms with van der Waals surface area (Å²) in [6.07, 6.45) is 1.86. The Hall–Kier alpha value is -1.11. The van der Waals surface area contributed by atoms with E-state index in [1.54, 1.807) is 0 Å². The van der Waals surface area contributed by atoms with Gasteiger partial charge in [0.25, 0.3) is 0 Å². The zero-order valence-corrected chi connectivity index (χ0v) is 10.1. The molecule has 0 radical (unpaired) electrons. The van der Waals surface area contributed by atoms with Crippen LogP contribution in [0.2, 0.25) is 0 Å². The van der Waals surface area contributed by atoms with Crippen molar-refractivity contribution in [3.8, 4) is 0 Å². The lowest BCUT2D eigenvalue weighted by atomic mass is 9.90. The van der Waals surface area contributed by atoms with Gasteiger partial charge < -0.3 is 0 Å². The van der Waals surface area contributed by atoms with Crippen molar-refractivity contribution in [3.05, 3.63) is 34.9 Å². The molecule has 1 nitrogen and oxygen atoms in total. The summed E-state index contributed by atoms with van der Waals surface area (Å²) < 4.78 is 0. The zero-order valence-electron chi connectivity index (χ0n) is 10.1. The van der Waals surface area contributed by atoms with Crippen molar-refractivity contribution in [2.45, 2.75) is 40.5 Å². The average molecular weight is 204 g/mol. The topological polar surface area (TPSA) is 17.1 Å². The first-order valence-electron chi connectivity index (χ1n) is 5.76. The van der Waals surface area contributed by atoms with Crippen molar-refractivity contribution >= 4 is 5.78 Å². The molecular weight excluding hydrogens is 184 g/mol. The quantitative estimate of drug-likeness (QED) is 0.684. The fourth-order valence-corrected chi connectivity index (χ4v) is 1.85. The highest BCUT2D eigenvalue weighted by Crippen LogP contribution is 2.20. The Labute approximate surface area is 92.5 Å². The van der Waals surface area contributed by atoms with Crippen molar-refractivity contribution in [1.29, 1.82) is 0 Å². The van der Waals surface area contributed by atoms with Crippen LogP contribution in [0.15, 0.2) is 18.2 Å². The fourth-order valence-electron chi connectivity index (χ4n) is 1.85. The number of rotatable bonds is 4. The van der Waals surface area contributed by atoms with Crippen LogP contribution in [0.25, 0.3) is 0 Å². The van der Waals surface area contributed by atoms with E-state index in [9.17, 15) is 4.79 Å². The van der Waals surface area contributed by atoms with Gasteiger partial charge in [0.15, 0.2) is 5.78 Å². The molecule has 0 spiro atoms. The van der Waals surface area contributed by atoms with Gasteiger partial charge in [0.05, 0.1) is 0 Å². The molecule has 15 heavy (non-hydrogen) atoms. The van der Waals surface area contributed by atoms with Crippen molar-refractivity contribution < 1.29 is 4.79 Å². The second-order valence-corrected chi connectivity index (χ2v) is 4.18. The molecule has 1 heteroatoms. The molecule has 0 heterocycles. The average Bonchev–Trinajstić information content (AvgIpc) is 2.26. The molecular formula is C14H20O. The summed E-state index contributed by atoms with van der Waals surface area (Å²) in [7, 11) is 0. The summed E-state index contributed by atoms with van der Waals surface area (Å²) in [6, 6.07) is 6.18. The summed E-state index contributed by atoms with van der Waals surface area (Å²) >= 11 is 0. The van der Waals surface area contributed by atoms with Gasteiger partial charge in [0, 0.05) is 11.5 Å². The van der Waals surface area contributed by atoms with E-state index in [1.807, 2.05) is 13.8 Å². The highest BCUT2D eigenvalue weighted by Gasteiger charge is 2.16. The van der Waals surface area contributed by atoms with Crippen LogP contribution < -0.4 is 0 Å². The molecule has 0 bridgehead atoms. The molecule has 0 aromatic heterocycles. The number of hydrogen-bond donors (Lipinski definition) is 0. The highest BCUT2D eigenvalue weighted by molar-refractivity contribution is 6.00. The number of aryl methyl sites for hydroxylation is 2. The monoisotopic (exact) mass is 204 g/mol. The minimum atomic E-state index is 0.0861. The van der Waals surface area contributed by atoms with E-state index in [4.69, 9.17) is 0 Å². The molecule has 1 aromatic rings. The van der Waals surface area contributed by atoms with Gasteiger partial charge in [-0.2, -0.15) is 0 Å². The Bertz CT molecular complexity index is 328. The van der Waals surface area contributed by atoms with Crippen LogP contribution in [-0.2, 0) is 12.8 Å². The van der Waals surface area contributed by atoms with E-state index in [-0.39, 0.29) is 11.7 Å². The molecule has 0 unspecified atom stereocenters. The molecule has 0 saturated carbocycles. The second kappa shape index (κ2) is 5.11. The molecule has 0 aliphatic rings. The molecule has 0 saturated heterocycles. The summed E-state index contributed by atoms with van der Waals surface area (Å²) in [5.41, 5.74) is 3.35. The molecule has 0 N–H and O–H groups in total. The largest absolute Gasteiger partial charge is 0.294 e. The summed E-state index contributed by atoms with van der Waals surface area (Å²) in [5, 5.41) is 0. The van der Waals surface area contributed by atoms with Gasteiger partial charge in [-0.05, 0) is 24.0 Å². The van der Waals surface area contributed by atoms with Crippen molar-refractivity contribution in [2.24, 2.45) is 5.92 Å². The lowest BCUT2D eigenvalue weighted by molar-refractivity contribution is 0.0937. The van der Waals surface area contributed by atoms with Crippen molar-refractivity contribution in [1.82, 2.24) is 0 Å². The summed E-state index contributed by atoms with van der Waals surface area (Å²) in [5.74, 6) is 0.368. The third-order valence-corrected chi connectivity index (χ3v) is 2.77. The Balaban J connectivity index is 3.28. The van der Waals surface area contributed by atoms with Crippen molar-refractivity contribution in [3.63, 3.8) is 0 Å². The van der Waals surface area contributed by atoms with E-state index in [1.165, 1.54) is 11.1 Å². The number of ketones is 1. The second-order valence-electron chi connectivity index (χ2n) is 4.18. The normalized spacial score (nSPS) is 10.7. The molecule has 0 aliphatic carbocycles. The van der Waals surface area contributed by atoms with Gasteiger partial charge in [-0.25, -0.2) is 0 Å². The van der Waals surface area contributed by atoms with Gasteiger partial charge >= 0.3 is 0 Å². The van der Waals surface area contributed by atoms with Gasteiger partial charge in [-0.1, -0.05) is 45.9 Å². The molecule has 82 valence electrons. The van der Waals surface area contributed by atoms with E-state index < -0.39 is 0 Å². The summed E-state index contributed by atoms with van der Waals surface area (Å²) in [6.45, 7) is 8.14. The molecule has 0 atom stereocenters. The molecule has 0 aliphatic heterocycles. The highest BCUT2D eigenvalue weighted by atomic mass is 16.1. The van der Waals surface area contributed by atoms with Crippen LogP contribution in [0.4, 0.5) is 0 Å². The molecule has 0 amide bonds. The third-order valence-electron chi connectivity index (χ3n) is 2.77. The maximum atomic E-state index is 12.1. The van der Waals surface area contributed by atoms with E-state index in [0.29, 0.717) is 0 Å². The first-order valence-corrected chi connectivity index (χ1v) is 5.76. The first kappa shape index (κ1) is 12.0. The van der Waals surface area contributed by atoms with Crippen molar-refractivity contribution in [2.75, 3.05) is 0 Å². The SMILES string of the molecule is CCc1cccc(CC)c1C(=O)C(C)C. The first-order chi connectivity index (χ1) is 7.11. The van der Waals surface area contributed by atoms with Gasteiger partial charge in [-0.15, -0.1) is 0 Å². The zero-order chi connectivity index (χ0) is 11.4. The van der Waals surface area contributed by atoms with E-state index in [0.717, 1.165) is 18.4 Å². The smallest absolute Gasteiger partial charge is 0.165 e. The van der Waals surface area contributed by atoms with E-state index in [2.05, 4.69) is 32.0 Å². The number of benzene rings is 1. The number of Topliss-reactive ketones (excluding diaryl/α,β-unsaturated/α-hetero) is 1. The predicted octanol–water partition coefficient (Wildman–Crippen LogP) is 3.65. The number of carbonyl (C=O) groups excluding carboxylic acids is 1. The van der Waals surface area contributed by atoms with Crippen LogP contribution in [0.5, 0.6) is 0 Å². The molecule has 0 fully saturated rings. The minimum absolute atomic E-state index is 0.0861. The Morgan fingerprint density at radius 3 is 1.93 bits per heavy atom. The lowest BCUT2D eigenvalue weighted by Crippen LogP contribution is -2.13. The third kappa shape index (κ3) is 2.47. The predicted molar refractivity (Wildman–Crippen MR) is 64.4 cm³/mol. The van der Waals surface area contributed by atoms with Gasteiger partial charge in [-0.3, -0.25) is 4.79 Å². The fraction of sp³-hybridized carbons (Fsp3) is 0.500. The van der Waals surface area contributed by atoms with Crippen LogP contribution >= 0.6 is 0 Å². The summed E-state index contributed by atoms with van der Waals surface area (Å²) in [4.78, 5) is 12.1. The Kier molecular flexibility index (Phi) is 4.07. The lowest BCUT2D eigenvalue weighted by Gasteiger charge is -2.13. The molecule has 1 aromatic carbocycles. The Morgan fingerprint density at radius 2 is 1.60 bits per heavy atom. The van der Waals surface area contributed by atoms with Crippen LogP contribution in [-0.4, -0.2) is 5.78 Å². The van der Waals surface area contributed by atoms with E-state index >= 15 is 0 Å². The maximum absolute atomic E-state index is 12.1. The minimum Gasteiger partial charge on any atom is -0.294 e. The standard InChI is InChI=1S/C14H20O/c1-5-11-8-7-9-12(6-2)13(11)14(15)10(3)4/h7-10H,5-6H2,1-4H3. The van der Waals surface area contributed by atoms with Gasteiger partial charge in [0.2, 0.25) is 0 Å². The number of carbonyl (C=O) groups is 1. The van der Waals surface area contributed by atoms with Crippen LogP contribution in [0.1, 0.15) is 49.2 Å². The number of hydrogen-bond acceptors (Lipinski definition) is 1.